The van der Waals surface area contributed by atoms with Crippen molar-refractivity contribution >= 4 is 16.4 Å². The van der Waals surface area contributed by atoms with Crippen LogP contribution in [0.4, 0.5) is 0 Å². The molecule has 0 radical (unpaired) electrons. The molecule has 0 aromatic carbocycles. The van der Waals surface area contributed by atoms with Crippen molar-refractivity contribution in [1.82, 2.24) is 9.55 Å². The lowest BCUT2D eigenvalue weighted by atomic mass is 9.28. The molecule has 4 aliphatic rings. The summed E-state index contributed by atoms with van der Waals surface area (Å²) in [5.74, 6) is 0.907. The fraction of sp³-hybridized carbons (Fsp3) is 0.656. The highest BCUT2D eigenvalue weighted by atomic mass is 16.1. The Bertz CT molecular complexity index is 1580. The van der Waals surface area contributed by atoms with Crippen LogP contribution in [0, 0.1) is 16.7 Å². The zero-order valence-electron chi connectivity index (χ0n) is 23.7. The van der Waals surface area contributed by atoms with Gasteiger partial charge in [-0.15, -0.1) is 0 Å². The van der Waals surface area contributed by atoms with Crippen LogP contribution in [0.3, 0.4) is 0 Å². The minimum absolute atomic E-state index is 0.0542. The molecule has 1 aliphatic heterocycles. The molecule has 2 fully saturated rings. The van der Waals surface area contributed by atoms with E-state index in [1.165, 1.54) is 34.1 Å². The Balaban J connectivity index is 1.72. The Morgan fingerprint density at radius 1 is 1.14 bits per heavy atom. The van der Waals surface area contributed by atoms with Crippen molar-refractivity contribution in [2.45, 2.75) is 117 Å². The third kappa shape index (κ3) is 1.96. The van der Waals surface area contributed by atoms with Gasteiger partial charge in [-0.3, -0.25) is 4.98 Å². The molecule has 0 spiro atoms. The highest BCUT2D eigenvalue weighted by Gasteiger charge is 2.83. The van der Waals surface area contributed by atoms with Crippen LogP contribution in [-0.4, -0.2) is 9.55 Å². The third-order valence-corrected chi connectivity index (χ3v) is 12.8. The summed E-state index contributed by atoms with van der Waals surface area (Å²) in [5.41, 5.74) is 6.44. The lowest BCUT2D eigenvalue weighted by Gasteiger charge is -2.74. The summed E-state index contributed by atoms with van der Waals surface area (Å²) in [6.07, 6.45) is 9.63. The van der Waals surface area contributed by atoms with E-state index in [2.05, 4.69) is 89.7 Å². The van der Waals surface area contributed by atoms with Gasteiger partial charge in [0.15, 0.2) is 0 Å². The average Bonchev–Trinajstić information content (AvgIpc) is 2.91. The monoisotopic (exact) mass is 484 g/mol. The maximum Gasteiger partial charge on any atom is 0.341 e. The predicted octanol–water partition coefficient (Wildman–Crippen LogP) is 6.32. The van der Waals surface area contributed by atoms with E-state index >= 15 is 0 Å². The van der Waals surface area contributed by atoms with E-state index in [0.29, 0.717) is 22.8 Å². The molecule has 190 valence electrons. The molecule has 2 saturated carbocycles. The van der Waals surface area contributed by atoms with Crippen molar-refractivity contribution < 1.29 is 4.40 Å². The first-order valence-corrected chi connectivity index (χ1v) is 14.3. The molecule has 3 aromatic rings. The summed E-state index contributed by atoms with van der Waals surface area (Å²) in [6, 6.07) is 2.32. The maximum atomic E-state index is 14.9. The van der Waals surface area contributed by atoms with Gasteiger partial charge in [-0.25, -0.2) is 9.20 Å². The molecular formula is C32H42N3O+. The first-order chi connectivity index (χ1) is 16.8. The normalized spacial score (nSPS) is 39.4. The summed E-state index contributed by atoms with van der Waals surface area (Å²) in [4.78, 5) is 20.0. The number of hydrogen-bond acceptors (Lipinski definition) is 2. The van der Waals surface area contributed by atoms with Gasteiger partial charge in [-0.05, 0) is 67.4 Å². The van der Waals surface area contributed by atoms with E-state index in [9.17, 15) is 4.79 Å². The highest BCUT2D eigenvalue weighted by molar-refractivity contribution is 5.98. The summed E-state index contributed by atoms with van der Waals surface area (Å²) >= 11 is 0. The van der Waals surface area contributed by atoms with E-state index < -0.39 is 0 Å². The molecule has 6 unspecified atom stereocenters. The molecule has 0 amide bonds. The van der Waals surface area contributed by atoms with E-state index in [1.807, 2.05) is 0 Å². The fourth-order valence-corrected chi connectivity index (χ4v) is 10.2. The van der Waals surface area contributed by atoms with E-state index in [1.54, 1.807) is 0 Å². The number of rotatable bonds is 4. The predicted molar refractivity (Wildman–Crippen MR) is 145 cm³/mol. The minimum Gasteiger partial charge on any atom is -0.260 e. The summed E-state index contributed by atoms with van der Waals surface area (Å²) in [6.45, 7) is 21.2. The van der Waals surface area contributed by atoms with Crippen molar-refractivity contribution in [2.24, 2.45) is 16.7 Å². The highest BCUT2D eigenvalue weighted by Crippen LogP contribution is 2.86. The van der Waals surface area contributed by atoms with E-state index in [0.717, 1.165) is 36.9 Å². The molecule has 4 heteroatoms. The van der Waals surface area contributed by atoms with Crippen LogP contribution >= 0.6 is 0 Å². The maximum absolute atomic E-state index is 14.9. The summed E-state index contributed by atoms with van der Waals surface area (Å²) < 4.78 is 4.75. The van der Waals surface area contributed by atoms with Crippen LogP contribution in [0.1, 0.15) is 116 Å². The first kappa shape index (κ1) is 22.9. The standard InChI is InChI=1S/C32H42N3O/c1-10-29(6)21-16-33-22(14-18(3)4)19-12-13-34-25-24(20-15-28(5)17-30(25,7)32(20,28)9)27(36)35(26(34)23(19)21)31(29,8)11-2/h12-13,16,18,20H,10-11,14-15,17H2,1-9H3/q+1. The van der Waals surface area contributed by atoms with Gasteiger partial charge >= 0.3 is 5.56 Å². The van der Waals surface area contributed by atoms with Crippen molar-refractivity contribution in [3.8, 4) is 0 Å². The Hall–Kier alpha value is -2.23. The van der Waals surface area contributed by atoms with Crippen LogP contribution in [0.2, 0.25) is 0 Å². The summed E-state index contributed by atoms with van der Waals surface area (Å²) in [5, 5.41) is 2.51. The zero-order valence-corrected chi connectivity index (χ0v) is 23.7. The van der Waals surface area contributed by atoms with Crippen molar-refractivity contribution in [3.63, 3.8) is 0 Å². The Labute approximate surface area is 215 Å². The second kappa shape index (κ2) is 6.25. The molecule has 0 bridgehead atoms. The molecule has 0 N–H and O–H groups in total. The van der Waals surface area contributed by atoms with Gasteiger partial charge in [0.05, 0.1) is 17.1 Å². The lowest BCUT2D eigenvalue weighted by molar-refractivity contribution is -0.536. The molecule has 36 heavy (non-hydrogen) atoms. The summed E-state index contributed by atoms with van der Waals surface area (Å²) in [7, 11) is 0. The zero-order chi connectivity index (χ0) is 25.8. The molecule has 4 heterocycles. The van der Waals surface area contributed by atoms with Crippen molar-refractivity contribution in [3.05, 3.63) is 51.3 Å². The van der Waals surface area contributed by atoms with Gasteiger partial charge in [0, 0.05) is 34.0 Å². The van der Waals surface area contributed by atoms with Crippen LogP contribution in [0.15, 0.2) is 23.3 Å². The second-order valence-corrected chi connectivity index (χ2v) is 14.3. The molecule has 3 aliphatic carbocycles. The first-order valence-electron chi connectivity index (χ1n) is 14.3. The van der Waals surface area contributed by atoms with Gasteiger partial charge in [0.25, 0.3) is 5.65 Å². The number of hydrogen-bond donors (Lipinski definition) is 0. The molecule has 4 nitrogen and oxygen atoms in total. The number of pyridine rings is 2. The van der Waals surface area contributed by atoms with E-state index in [4.69, 9.17) is 4.98 Å². The van der Waals surface area contributed by atoms with Gasteiger partial charge in [0.2, 0.25) is 0 Å². The van der Waals surface area contributed by atoms with Gasteiger partial charge < -0.3 is 0 Å². The Kier molecular flexibility index (Phi) is 3.98. The number of nitrogens with zero attached hydrogens (tertiary/aromatic N) is 3. The Morgan fingerprint density at radius 3 is 2.47 bits per heavy atom. The van der Waals surface area contributed by atoms with Crippen molar-refractivity contribution in [1.29, 1.82) is 0 Å². The van der Waals surface area contributed by atoms with Crippen molar-refractivity contribution in [2.75, 3.05) is 0 Å². The second-order valence-electron chi connectivity index (χ2n) is 14.3. The smallest absolute Gasteiger partial charge is 0.260 e. The van der Waals surface area contributed by atoms with Crippen LogP contribution < -0.4 is 9.96 Å². The van der Waals surface area contributed by atoms with Crippen LogP contribution in [0.5, 0.6) is 0 Å². The van der Waals surface area contributed by atoms with Crippen LogP contribution in [-0.2, 0) is 22.8 Å². The molecule has 3 aromatic heterocycles. The average molecular weight is 485 g/mol. The molecule has 7 rings (SSSR count). The largest absolute Gasteiger partial charge is 0.341 e. The topological polar surface area (TPSA) is 39.0 Å². The molecule has 0 saturated heterocycles. The molecular weight excluding hydrogens is 442 g/mol. The fourth-order valence-electron chi connectivity index (χ4n) is 10.2. The SMILES string of the molecule is CCC1(C)c2cnc(CC(C)C)c3cc[n+]4c5c(c(=O)n(c4c23)C1(C)CC)C1CC2(C)CC5(C)C12C. The molecule has 6 atom stereocenters. The van der Waals surface area contributed by atoms with Crippen LogP contribution in [0.25, 0.3) is 16.4 Å². The lowest BCUT2D eigenvalue weighted by Crippen LogP contribution is -2.71. The Morgan fingerprint density at radius 2 is 1.86 bits per heavy atom. The number of aromatic nitrogens is 3. The van der Waals surface area contributed by atoms with Gasteiger partial charge in [0.1, 0.15) is 11.2 Å². The van der Waals surface area contributed by atoms with Gasteiger partial charge in [-0.2, -0.15) is 4.57 Å². The number of fused-ring (bicyclic) bond motifs is 4. The quantitative estimate of drug-likeness (QED) is 0.321. The van der Waals surface area contributed by atoms with E-state index in [-0.39, 0.29) is 21.8 Å². The third-order valence-electron chi connectivity index (χ3n) is 12.8. The minimum atomic E-state index is -0.321. The van der Waals surface area contributed by atoms with Gasteiger partial charge in [-0.1, -0.05) is 55.4 Å².